The molecule has 0 saturated carbocycles. The lowest BCUT2D eigenvalue weighted by molar-refractivity contribution is 0.489. The van der Waals surface area contributed by atoms with Crippen LogP contribution in [-0.2, 0) is 0 Å². The first-order chi connectivity index (χ1) is 10.0. The standard InChI is InChI=1S/C16H29FN4/c1-6-9-18-16-19-10-14(17)15(20-16)21(11-12(4)5)13(7-2)8-3/h10,12-13H,6-9,11H2,1-5H3,(H,18,19,20). The molecule has 0 aromatic carbocycles. The van der Waals surface area contributed by atoms with E-state index in [-0.39, 0.29) is 5.82 Å². The van der Waals surface area contributed by atoms with Gasteiger partial charge in [-0.15, -0.1) is 0 Å². The fourth-order valence-corrected chi connectivity index (χ4v) is 2.41. The zero-order valence-corrected chi connectivity index (χ0v) is 14.0. The number of nitrogens with zero attached hydrogens (tertiary/aromatic N) is 3. The highest BCUT2D eigenvalue weighted by molar-refractivity contribution is 5.45. The van der Waals surface area contributed by atoms with Gasteiger partial charge in [0.25, 0.3) is 0 Å². The predicted octanol–water partition coefficient (Wildman–Crippen LogP) is 4.09. The minimum atomic E-state index is -0.343. The van der Waals surface area contributed by atoms with Crippen LogP contribution >= 0.6 is 0 Å². The van der Waals surface area contributed by atoms with E-state index in [2.05, 4.69) is 54.8 Å². The van der Waals surface area contributed by atoms with Gasteiger partial charge in [-0.1, -0.05) is 34.6 Å². The Hall–Kier alpha value is -1.39. The van der Waals surface area contributed by atoms with Crippen LogP contribution in [0.5, 0.6) is 0 Å². The molecule has 4 nitrogen and oxygen atoms in total. The van der Waals surface area contributed by atoms with E-state index in [4.69, 9.17) is 0 Å². The quantitative estimate of drug-likeness (QED) is 0.745. The van der Waals surface area contributed by atoms with Crippen LogP contribution in [0.1, 0.15) is 53.9 Å². The van der Waals surface area contributed by atoms with E-state index < -0.39 is 0 Å². The molecule has 0 aliphatic rings. The van der Waals surface area contributed by atoms with Gasteiger partial charge in [-0.3, -0.25) is 0 Å². The first-order valence-electron chi connectivity index (χ1n) is 8.06. The molecule has 0 atom stereocenters. The lowest BCUT2D eigenvalue weighted by Crippen LogP contribution is -2.38. The molecule has 1 N–H and O–H groups in total. The van der Waals surface area contributed by atoms with E-state index in [1.54, 1.807) is 0 Å². The lowest BCUT2D eigenvalue weighted by atomic mass is 10.1. The summed E-state index contributed by atoms with van der Waals surface area (Å²) in [5.41, 5.74) is 0. The molecular weight excluding hydrogens is 267 g/mol. The van der Waals surface area contributed by atoms with Crippen LogP contribution in [0.4, 0.5) is 16.2 Å². The van der Waals surface area contributed by atoms with Crippen molar-refractivity contribution in [2.24, 2.45) is 5.92 Å². The van der Waals surface area contributed by atoms with Gasteiger partial charge in [-0.05, 0) is 25.2 Å². The molecule has 1 aromatic rings. The van der Waals surface area contributed by atoms with Gasteiger partial charge in [0.15, 0.2) is 11.6 Å². The lowest BCUT2D eigenvalue weighted by Gasteiger charge is -2.33. The molecule has 5 heteroatoms. The van der Waals surface area contributed by atoms with Gasteiger partial charge in [0.05, 0.1) is 6.20 Å². The van der Waals surface area contributed by atoms with Crippen molar-refractivity contribution in [1.29, 1.82) is 0 Å². The van der Waals surface area contributed by atoms with Gasteiger partial charge in [0.1, 0.15) is 0 Å². The zero-order valence-electron chi connectivity index (χ0n) is 14.0. The molecular formula is C16H29FN4. The number of aromatic nitrogens is 2. The average molecular weight is 296 g/mol. The van der Waals surface area contributed by atoms with E-state index >= 15 is 0 Å². The van der Waals surface area contributed by atoms with Crippen LogP contribution < -0.4 is 10.2 Å². The monoisotopic (exact) mass is 296 g/mol. The number of halogens is 1. The topological polar surface area (TPSA) is 41.1 Å². The van der Waals surface area contributed by atoms with E-state index in [0.29, 0.717) is 23.7 Å². The van der Waals surface area contributed by atoms with Crippen LogP contribution in [0, 0.1) is 11.7 Å². The third-order valence-corrected chi connectivity index (χ3v) is 3.48. The molecule has 0 saturated heterocycles. The summed E-state index contributed by atoms with van der Waals surface area (Å²) in [6.45, 7) is 12.2. The fraction of sp³-hybridized carbons (Fsp3) is 0.750. The van der Waals surface area contributed by atoms with Crippen LogP contribution in [0.3, 0.4) is 0 Å². The fourth-order valence-electron chi connectivity index (χ4n) is 2.41. The second-order valence-corrected chi connectivity index (χ2v) is 5.81. The zero-order chi connectivity index (χ0) is 15.8. The molecule has 0 radical (unpaired) electrons. The second kappa shape index (κ2) is 8.80. The average Bonchev–Trinajstić information content (AvgIpc) is 2.46. The maximum Gasteiger partial charge on any atom is 0.224 e. The van der Waals surface area contributed by atoms with Crippen molar-refractivity contribution in [1.82, 2.24) is 9.97 Å². The molecule has 21 heavy (non-hydrogen) atoms. The highest BCUT2D eigenvalue weighted by Gasteiger charge is 2.22. The van der Waals surface area contributed by atoms with Crippen molar-refractivity contribution in [3.8, 4) is 0 Å². The van der Waals surface area contributed by atoms with Gasteiger partial charge < -0.3 is 10.2 Å². The third kappa shape index (κ3) is 5.14. The Morgan fingerprint density at radius 1 is 1.24 bits per heavy atom. The third-order valence-electron chi connectivity index (χ3n) is 3.48. The summed E-state index contributed by atoms with van der Waals surface area (Å²) in [6, 6.07) is 0.302. The molecule has 0 aliphatic carbocycles. The van der Waals surface area contributed by atoms with E-state index in [9.17, 15) is 4.39 Å². The number of anilines is 2. The SMILES string of the molecule is CCCNc1ncc(F)c(N(CC(C)C)C(CC)CC)n1. The number of hydrogen-bond acceptors (Lipinski definition) is 4. The Balaban J connectivity index is 3.09. The van der Waals surface area contributed by atoms with Crippen LogP contribution in [0.15, 0.2) is 6.20 Å². The normalized spacial score (nSPS) is 11.2. The van der Waals surface area contributed by atoms with Gasteiger partial charge >= 0.3 is 0 Å². The largest absolute Gasteiger partial charge is 0.354 e. The summed E-state index contributed by atoms with van der Waals surface area (Å²) >= 11 is 0. The molecule has 1 heterocycles. The van der Waals surface area contributed by atoms with Crippen molar-refractivity contribution in [3.63, 3.8) is 0 Å². The van der Waals surface area contributed by atoms with Crippen molar-refractivity contribution in [3.05, 3.63) is 12.0 Å². The molecule has 0 amide bonds. The number of nitrogens with one attached hydrogen (secondary N) is 1. The molecule has 0 spiro atoms. The Morgan fingerprint density at radius 3 is 2.43 bits per heavy atom. The van der Waals surface area contributed by atoms with Gasteiger partial charge in [0, 0.05) is 19.1 Å². The highest BCUT2D eigenvalue weighted by atomic mass is 19.1. The van der Waals surface area contributed by atoms with Crippen molar-refractivity contribution in [2.75, 3.05) is 23.3 Å². The molecule has 0 aliphatic heterocycles. The van der Waals surface area contributed by atoms with Gasteiger partial charge in [0.2, 0.25) is 5.95 Å². The summed E-state index contributed by atoms with van der Waals surface area (Å²) in [7, 11) is 0. The van der Waals surface area contributed by atoms with E-state index in [0.717, 1.165) is 32.4 Å². The summed E-state index contributed by atoms with van der Waals surface area (Å²) < 4.78 is 14.2. The Labute approximate surface area is 128 Å². The van der Waals surface area contributed by atoms with Gasteiger partial charge in [-0.2, -0.15) is 4.98 Å². The Kier molecular flexibility index (Phi) is 7.40. The van der Waals surface area contributed by atoms with Crippen LogP contribution in [0.25, 0.3) is 0 Å². The summed E-state index contributed by atoms with van der Waals surface area (Å²) in [6.07, 6.45) is 4.21. The molecule has 0 unspecified atom stereocenters. The van der Waals surface area contributed by atoms with Gasteiger partial charge in [-0.25, -0.2) is 9.37 Å². The maximum atomic E-state index is 14.2. The second-order valence-electron chi connectivity index (χ2n) is 5.81. The highest BCUT2D eigenvalue weighted by Crippen LogP contribution is 2.23. The Morgan fingerprint density at radius 2 is 1.90 bits per heavy atom. The van der Waals surface area contributed by atoms with Crippen molar-refractivity contribution < 1.29 is 4.39 Å². The maximum absolute atomic E-state index is 14.2. The Bertz CT molecular complexity index is 419. The van der Waals surface area contributed by atoms with E-state index in [1.165, 1.54) is 6.20 Å². The smallest absolute Gasteiger partial charge is 0.224 e. The summed E-state index contributed by atoms with van der Waals surface area (Å²) in [5, 5.41) is 3.13. The molecule has 1 aromatic heterocycles. The van der Waals surface area contributed by atoms with Crippen LogP contribution in [-0.4, -0.2) is 29.1 Å². The molecule has 0 bridgehead atoms. The van der Waals surface area contributed by atoms with Crippen molar-refractivity contribution in [2.45, 2.75) is 59.9 Å². The van der Waals surface area contributed by atoms with Crippen LogP contribution in [0.2, 0.25) is 0 Å². The molecule has 120 valence electrons. The summed E-state index contributed by atoms with van der Waals surface area (Å²) in [5.74, 6) is 1.04. The molecule has 0 fully saturated rings. The summed E-state index contributed by atoms with van der Waals surface area (Å²) in [4.78, 5) is 10.5. The number of hydrogen-bond donors (Lipinski definition) is 1. The van der Waals surface area contributed by atoms with Crippen molar-refractivity contribution >= 4 is 11.8 Å². The first-order valence-corrected chi connectivity index (χ1v) is 8.06. The minimum Gasteiger partial charge on any atom is -0.354 e. The van der Waals surface area contributed by atoms with E-state index in [1.807, 2.05) is 0 Å². The first kappa shape index (κ1) is 17.7. The molecule has 1 rings (SSSR count). The minimum absolute atomic E-state index is 0.302. The predicted molar refractivity (Wildman–Crippen MR) is 87.3 cm³/mol. The number of rotatable bonds is 9.